The van der Waals surface area contributed by atoms with Crippen LogP contribution in [0.5, 0.6) is 0 Å². The first-order valence-corrected chi connectivity index (χ1v) is 10.7. The molecule has 1 aromatic carbocycles. The number of aromatic nitrogens is 3. The summed E-state index contributed by atoms with van der Waals surface area (Å²) in [4.78, 5) is 24.7. The Bertz CT molecular complexity index is 895. The highest BCUT2D eigenvalue weighted by Gasteiger charge is 2.24. The predicted molar refractivity (Wildman–Crippen MR) is 110 cm³/mol. The second-order valence-electron chi connectivity index (χ2n) is 6.71. The fourth-order valence-electron chi connectivity index (χ4n) is 3.02. The number of amides is 1. The molecule has 2 aromatic rings. The van der Waals surface area contributed by atoms with Gasteiger partial charge in [-0.3, -0.25) is 9.36 Å². The second-order valence-corrected chi connectivity index (χ2v) is 8.86. The molecular weight excluding hydrogens is 423 g/mol. The Balaban J connectivity index is 1.63. The van der Waals surface area contributed by atoms with Gasteiger partial charge in [-0.15, -0.1) is 5.10 Å². The fraction of sp³-hybridized carbons (Fsp3) is 0.500. The molecule has 1 fully saturated rings. The van der Waals surface area contributed by atoms with Crippen molar-refractivity contribution in [1.29, 1.82) is 0 Å². The van der Waals surface area contributed by atoms with Gasteiger partial charge in [0, 0.05) is 16.7 Å². The lowest BCUT2D eigenvalue weighted by atomic mass is 10.1. The van der Waals surface area contributed by atoms with Crippen LogP contribution in [0.4, 0.5) is 0 Å². The van der Waals surface area contributed by atoms with Gasteiger partial charge in [-0.2, -0.15) is 0 Å². The third-order valence-corrected chi connectivity index (χ3v) is 6.23. The average Bonchev–Trinajstić information content (AvgIpc) is 3.27. The van der Waals surface area contributed by atoms with Gasteiger partial charge < -0.3 is 10.1 Å². The summed E-state index contributed by atoms with van der Waals surface area (Å²) in [7, 11) is 0. The number of halogens is 2. The Morgan fingerprint density at radius 2 is 2.25 bits per heavy atom. The number of nitrogens with one attached hydrogen (secondary N) is 2. The molecule has 3 atom stereocenters. The molecule has 2 heterocycles. The number of carbonyl (C=O) groups is 1. The van der Waals surface area contributed by atoms with Gasteiger partial charge in [0.05, 0.1) is 23.9 Å². The maximum absolute atomic E-state index is 12.6. The smallest absolute Gasteiger partial charge is 0.344 e. The van der Waals surface area contributed by atoms with Crippen molar-refractivity contribution in [1.82, 2.24) is 20.1 Å². The Labute approximate surface area is 177 Å². The lowest BCUT2D eigenvalue weighted by Crippen LogP contribution is -2.33. The van der Waals surface area contributed by atoms with Gasteiger partial charge in [-0.05, 0) is 44.4 Å². The number of ether oxygens (including phenoxy) is 1. The molecule has 28 heavy (non-hydrogen) atoms. The van der Waals surface area contributed by atoms with Gasteiger partial charge in [0.25, 0.3) is 0 Å². The van der Waals surface area contributed by atoms with Crippen LogP contribution in [0, 0.1) is 0 Å². The fourth-order valence-corrected chi connectivity index (χ4v) is 4.47. The first-order valence-electron chi connectivity index (χ1n) is 9.04. The molecule has 2 N–H and O–H groups in total. The summed E-state index contributed by atoms with van der Waals surface area (Å²) in [6.07, 6.45) is 1.91. The minimum Gasteiger partial charge on any atom is -0.376 e. The highest BCUT2D eigenvalue weighted by atomic mass is 35.5. The van der Waals surface area contributed by atoms with Crippen molar-refractivity contribution < 1.29 is 9.53 Å². The molecule has 1 aromatic heterocycles. The number of aromatic amines is 1. The highest BCUT2D eigenvalue weighted by molar-refractivity contribution is 8.00. The molecule has 1 aliphatic rings. The maximum Gasteiger partial charge on any atom is 0.344 e. The number of benzene rings is 1. The second kappa shape index (κ2) is 9.35. The van der Waals surface area contributed by atoms with Crippen LogP contribution < -0.4 is 11.0 Å². The van der Waals surface area contributed by atoms with Gasteiger partial charge in [0.1, 0.15) is 0 Å². The zero-order valence-corrected chi connectivity index (χ0v) is 17.9. The van der Waals surface area contributed by atoms with E-state index >= 15 is 0 Å². The highest BCUT2D eigenvalue weighted by Crippen LogP contribution is 2.27. The predicted octanol–water partition coefficient (Wildman–Crippen LogP) is 3.42. The van der Waals surface area contributed by atoms with Gasteiger partial charge in [0.2, 0.25) is 5.91 Å². The molecule has 10 heteroatoms. The number of hydrogen-bond acceptors (Lipinski definition) is 5. The van der Waals surface area contributed by atoms with E-state index in [1.807, 2.05) is 6.92 Å². The van der Waals surface area contributed by atoms with Gasteiger partial charge in [-0.1, -0.05) is 41.0 Å². The van der Waals surface area contributed by atoms with Crippen molar-refractivity contribution in [3.05, 3.63) is 44.3 Å². The van der Waals surface area contributed by atoms with Crippen molar-refractivity contribution >= 4 is 40.9 Å². The van der Waals surface area contributed by atoms with Gasteiger partial charge in [0.15, 0.2) is 5.16 Å². The SMILES string of the molecule is CC(Sc1n[nH]c(=O)n1CC1CCCO1)C(=O)NC(C)c1ccc(Cl)cc1Cl. The Hall–Kier alpha value is -1.48. The van der Waals surface area contributed by atoms with Crippen LogP contribution in [0.1, 0.15) is 38.3 Å². The molecule has 3 rings (SSSR count). The number of carbonyl (C=O) groups excluding carboxylic acids is 1. The summed E-state index contributed by atoms with van der Waals surface area (Å²) in [6, 6.07) is 4.89. The summed E-state index contributed by atoms with van der Waals surface area (Å²) < 4.78 is 7.13. The molecule has 1 aliphatic heterocycles. The zero-order valence-electron chi connectivity index (χ0n) is 15.6. The van der Waals surface area contributed by atoms with Crippen LogP contribution in [0.2, 0.25) is 10.0 Å². The molecule has 0 radical (unpaired) electrons. The van der Waals surface area contributed by atoms with Crippen LogP contribution in [-0.2, 0) is 16.1 Å². The van der Waals surface area contributed by atoms with Crippen molar-refractivity contribution in [2.75, 3.05) is 6.61 Å². The molecule has 0 bridgehead atoms. The number of thioether (sulfide) groups is 1. The lowest BCUT2D eigenvalue weighted by Gasteiger charge is -2.19. The third-order valence-electron chi connectivity index (χ3n) is 4.57. The molecule has 1 saturated heterocycles. The number of nitrogens with zero attached hydrogens (tertiary/aromatic N) is 2. The standard InChI is InChI=1S/C18H22Cl2N4O3S/c1-10(14-6-5-12(19)8-15(14)20)21-16(25)11(2)28-18-23-22-17(26)24(18)9-13-4-3-7-27-13/h5-6,8,10-11,13H,3-4,7,9H2,1-2H3,(H,21,25)(H,22,26). The summed E-state index contributed by atoms with van der Waals surface area (Å²) in [5.74, 6) is -0.178. The maximum atomic E-state index is 12.6. The summed E-state index contributed by atoms with van der Waals surface area (Å²) >= 11 is 13.4. The van der Waals surface area contributed by atoms with Gasteiger partial charge >= 0.3 is 5.69 Å². The Kier molecular flexibility index (Phi) is 7.09. The Morgan fingerprint density at radius 3 is 2.93 bits per heavy atom. The van der Waals surface area contributed by atoms with Crippen LogP contribution >= 0.6 is 35.0 Å². The van der Waals surface area contributed by atoms with Crippen LogP contribution in [-0.4, -0.2) is 38.6 Å². The van der Waals surface area contributed by atoms with Crippen molar-refractivity contribution in [2.45, 2.75) is 55.8 Å². The molecule has 152 valence electrons. The van der Waals surface area contributed by atoms with Gasteiger partial charge in [-0.25, -0.2) is 9.89 Å². The summed E-state index contributed by atoms with van der Waals surface area (Å²) in [5, 5.41) is 10.5. The normalized spacial score (nSPS) is 18.8. The zero-order chi connectivity index (χ0) is 20.3. The molecular formula is C18H22Cl2N4O3S. The van der Waals surface area contributed by atoms with E-state index in [-0.39, 0.29) is 23.7 Å². The number of H-pyrrole nitrogens is 1. The molecule has 0 saturated carbocycles. The van der Waals surface area contributed by atoms with Crippen molar-refractivity contribution in [3.8, 4) is 0 Å². The van der Waals surface area contributed by atoms with E-state index in [1.54, 1.807) is 25.1 Å². The minimum absolute atomic E-state index is 0.00542. The van der Waals surface area contributed by atoms with E-state index in [1.165, 1.54) is 16.3 Å². The molecule has 7 nitrogen and oxygen atoms in total. The van der Waals surface area contributed by atoms with Crippen LogP contribution in [0.3, 0.4) is 0 Å². The van der Waals surface area contributed by atoms with Crippen molar-refractivity contribution in [3.63, 3.8) is 0 Å². The minimum atomic E-state index is -0.452. The summed E-state index contributed by atoms with van der Waals surface area (Å²) in [6.45, 7) is 4.77. The quantitative estimate of drug-likeness (QED) is 0.638. The molecule has 0 spiro atoms. The van der Waals surface area contributed by atoms with E-state index in [9.17, 15) is 9.59 Å². The lowest BCUT2D eigenvalue weighted by molar-refractivity contribution is -0.120. The van der Waals surface area contributed by atoms with E-state index in [2.05, 4.69) is 15.5 Å². The van der Waals surface area contributed by atoms with Crippen LogP contribution in [0.15, 0.2) is 28.2 Å². The number of hydrogen-bond donors (Lipinski definition) is 2. The monoisotopic (exact) mass is 444 g/mol. The van der Waals surface area contributed by atoms with E-state index in [0.29, 0.717) is 28.4 Å². The molecule has 0 aliphatic carbocycles. The van der Waals surface area contributed by atoms with E-state index < -0.39 is 5.25 Å². The third kappa shape index (κ3) is 5.11. The van der Waals surface area contributed by atoms with E-state index in [0.717, 1.165) is 18.4 Å². The first-order chi connectivity index (χ1) is 13.3. The molecule has 3 unspecified atom stereocenters. The topological polar surface area (TPSA) is 89.0 Å². The van der Waals surface area contributed by atoms with Crippen molar-refractivity contribution in [2.24, 2.45) is 0 Å². The molecule has 1 amide bonds. The Morgan fingerprint density at radius 1 is 1.46 bits per heavy atom. The van der Waals surface area contributed by atoms with E-state index in [4.69, 9.17) is 27.9 Å². The largest absolute Gasteiger partial charge is 0.376 e. The first kappa shape index (κ1) is 21.2. The number of rotatable bonds is 7. The van der Waals surface area contributed by atoms with Crippen LogP contribution in [0.25, 0.3) is 0 Å². The summed E-state index contributed by atoms with van der Waals surface area (Å²) in [5.41, 5.74) is 0.485. The average molecular weight is 445 g/mol.